The fraction of sp³-hybridized carbons (Fsp3) is 0.750. The van der Waals surface area contributed by atoms with Crippen LogP contribution in [0.1, 0.15) is 0 Å². The molecule has 0 fully saturated rings. The summed E-state index contributed by atoms with van der Waals surface area (Å²) >= 11 is 0. The van der Waals surface area contributed by atoms with Crippen molar-refractivity contribution in [3.63, 3.8) is 0 Å². The summed E-state index contributed by atoms with van der Waals surface area (Å²) in [5.41, 5.74) is 13.0. The normalized spacial score (nSPS) is 14.7. The summed E-state index contributed by atoms with van der Waals surface area (Å²) in [6.45, 7) is -0.532. The minimum atomic E-state index is -1.40. The number of nitrogens with zero attached hydrogens (tertiary/aromatic N) is 3. The first-order valence-electron chi connectivity index (χ1n) is 2.77. The van der Waals surface area contributed by atoms with Crippen molar-refractivity contribution in [2.45, 2.75) is 12.1 Å². The van der Waals surface area contributed by atoms with Crippen molar-refractivity contribution in [2.24, 2.45) is 10.8 Å². The van der Waals surface area contributed by atoms with E-state index in [2.05, 4.69) is 10.0 Å². The van der Waals surface area contributed by atoms with Crippen molar-refractivity contribution >= 4 is 5.97 Å². The molecule has 0 aromatic heterocycles. The van der Waals surface area contributed by atoms with Gasteiger partial charge in [0.1, 0.15) is 0 Å². The minimum absolute atomic E-state index is 0.532. The molecule has 0 heterocycles. The van der Waals surface area contributed by atoms with Crippen LogP contribution in [0.15, 0.2) is 5.11 Å². The molecule has 11 heavy (non-hydrogen) atoms. The van der Waals surface area contributed by atoms with Crippen LogP contribution in [0.5, 0.6) is 0 Å². The molecule has 0 bridgehead atoms. The quantitative estimate of drug-likeness (QED) is 0.278. The Bertz CT molecular complexity index is 186. The highest BCUT2D eigenvalue weighted by Crippen LogP contribution is 1.96. The van der Waals surface area contributed by atoms with Gasteiger partial charge in [0.2, 0.25) is 0 Å². The van der Waals surface area contributed by atoms with Crippen LogP contribution in [0.3, 0.4) is 0 Å². The third-order valence-corrected chi connectivity index (χ3v) is 1.05. The van der Waals surface area contributed by atoms with Crippen molar-refractivity contribution in [3.8, 4) is 0 Å². The first kappa shape index (κ1) is 9.70. The number of aliphatic hydroxyl groups excluding tert-OH is 1. The average Bonchev–Trinajstić information content (AvgIpc) is 1.98. The van der Waals surface area contributed by atoms with Gasteiger partial charge in [0.05, 0.1) is 6.61 Å². The van der Waals surface area contributed by atoms with E-state index in [1.165, 1.54) is 0 Å². The number of nitrogens with two attached hydrogens (primary N) is 1. The van der Waals surface area contributed by atoms with E-state index < -0.39 is 24.7 Å². The first-order valence-corrected chi connectivity index (χ1v) is 2.77. The van der Waals surface area contributed by atoms with E-state index in [1.54, 1.807) is 0 Å². The Kier molecular flexibility index (Phi) is 3.97. The van der Waals surface area contributed by atoms with Crippen LogP contribution in [0.2, 0.25) is 0 Å². The number of carbonyl (C=O) groups is 1. The fourth-order valence-corrected chi connectivity index (χ4v) is 0.474. The van der Waals surface area contributed by atoms with Crippen LogP contribution in [0.25, 0.3) is 10.4 Å². The Labute approximate surface area is 62.1 Å². The summed E-state index contributed by atoms with van der Waals surface area (Å²) < 4.78 is 0. The molecule has 0 rings (SSSR count). The van der Waals surface area contributed by atoms with Crippen LogP contribution in [0, 0.1) is 0 Å². The Morgan fingerprint density at radius 1 is 1.82 bits per heavy atom. The second-order valence-corrected chi connectivity index (χ2v) is 1.83. The van der Waals surface area contributed by atoms with E-state index in [9.17, 15) is 4.79 Å². The molecule has 4 N–H and O–H groups in total. The number of carboxylic acids is 1. The number of rotatable bonds is 4. The van der Waals surface area contributed by atoms with Crippen LogP contribution >= 0.6 is 0 Å². The molecule has 62 valence electrons. The van der Waals surface area contributed by atoms with Gasteiger partial charge in [0.15, 0.2) is 6.04 Å². The summed E-state index contributed by atoms with van der Waals surface area (Å²) in [5, 5.41) is 19.6. The Morgan fingerprint density at radius 3 is 2.64 bits per heavy atom. The molecule has 0 amide bonds. The largest absolute Gasteiger partial charge is 0.481 e. The number of hydrogen-bond donors (Lipinski definition) is 3. The van der Waals surface area contributed by atoms with Gasteiger partial charge < -0.3 is 15.9 Å². The zero-order chi connectivity index (χ0) is 8.85. The third-order valence-electron chi connectivity index (χ3n) is 1.05. The summed E-state index contributed by atoms with van der Waals surface area (Å²) in [5.74, 6) is -1.34. The standard InChI is InChI=1S/C4H8N4O3/c5-2(1-9)3(4(10)11)7-8-6/h2-3,9H,1,5H2,(H,10,11)/t2-,3+/m1/s1. The first-order chi connectivity index (χ1) is 5.13. The molecule has 2 atom stereocenters. The number of aliphatic carboxylic acids is 1. The van der Waals surface area contributed by atoms with Gasteiger partial charge in [-0.05, 0) is 5.53 Å². The summed E-state index contributed by atoms with van der Waals surface area (Å²) in [7, 11) is 0. The fourth-order valence-electron chi connectivity index (χ4n) is 0.474. The van der Waals surface area contributed by atoms with Gasteiger partial charge in [-0.25, -0.2) is 0 Å². The van der Waals surface area contributed by atoms with Gasteiger partial charge in [-0.3, -0.25) is 4.79 Å². The molecule has 0 saturated carbocycles. The molecular formula is C4H8N4O3. The van der Waals surface area contributed by atoms with Gasteiger partial charge in [-0.1, -0.05) is 5.11 Å². The maximum absolute atomic E-state index is 10.2. The van der Waals surface area contributed by atoms with Crippen LogP contribution in [-0.2, 0) is 4.79 Å². The van der Waals surface area contributed by atoms with Crippen LogP contribution in [0.4, 0.5) is 0 Å². The smallest absolute Gasteiger partial charge is 0.314 e. The molecule has 0 aromatic rings. The lowest BCUT2D eigenvalue weighted by Crippen LogP contribution is -2.41. The van der Waals surface area contributed by atoms with Gasteiger partial charge in [-0.2, -0.15) is 0 Å². The number of azide groups is 1. The maximum Gasteiger partial charge on any atom is 0.314 e. The lowest BCUT2D eigenvalue weighted by Gasteiger charge is -2.11. The van der Waals surface area contributed by atoms with Gasteiger partial charge in [0, 0.05) is 11.0 Å². The summed E-state index contributed by atoms with van der Waals surface area (Å²) in [6, 6.07) is -2.45. The average molecular weight is 160 g/mol. The highest BCUT2D eigenvalue weighted by Gasteiger charge is 2.22. The van der Waals surface area contributed by atoms with Crippen molar-refractivity contribution in [3.05, 3.63) is 10.4 Å². The predicted octanol–water partition coefficient (Wildman–Crippen LogP) is -0.930. The molecule has 7 nitrogen and oxygen atoms in total. The molecule has 0 saturated heterocycles. The molecule has 0 aliphatic rings. The Morgan fingerprint density at radius 2 is 2.36 bits per heavy atom. The lowest BCUT2D eigenvalue weighted by molar-refractivity contribution is -0.139. The van der Waals surface area contributed by atoms with Gasteiger partial charge in [-0.15, -0.1) is 0 Å². The van der Waals surface area contributed by atoms with Crippen molar-refractivity contribution in [1.82, 2.24) is 0 Å². The molecule has 0 spiro atoms. The molecule has 0 unspecified atom stereocenters. The van der Waals surface area contributed by atoms with Crippen molar-refractivity contribution in [2.75, 3.05) is 6.61 Å². The second-order valence-electron chi connectivity index (χ2n) is 1.83. The monoisotopic (exact) mass is 160 g/mol. The number of hydrogen-bond acceptors (Lipinski definition) is 4. The van der Waals surface area contributed by atoms with E-state index in [4.69, 9.17) is 21.5 Å². The predicted molar refractivity (Wildman–Crippen MR) is 35.6 cm³/mol. The zero-order valence-corrected chi connectivity index (χ0v) is 5.58. The molecule has 0 aliphatic carbocycles. The van der Waals surface area contributed by atoms with Crippen molar-refractivity contribution in [1.29, 1.82) is 0 Å². The zero-order valence-electron chi connectivity index (χ0n) is 5.58. The third kappa shape index (κ3) is 2.85. The van der Waals surface area contributed by atoms with E-state index >= 15 is 0 Å². The topological polar surface area (TPSA) is 132 Å². The van der Waals surface area contributed by atoms with Crippen LogP contribution < -0.4 is 5.73 Å². The van der Waals surface area contributed by atoms with E-state index in [1.807, 2.05) is 0 Å². The second kappa shape index (κ2) is 4.51. The highest BCUT2D eigenvalue weighted by atomic mass is 16.4. The number of aliphatic hydroxyl groups is 1. The molecule has 0 aliphatic heterocycles. The van der Waals surface area contributed by atoms with Crippen LogP contribution in [-0.4, -0.2) is 34.9 Å². The Hall–Kier alpha value is -1.30. The Balaban J connectivity index is 4.32. The van der Waals surface area contributed by atoms with E-state index in [0.29, 0.717) is 0 Å². The number of carboxylic acid groups (broad SMARTS) is 1. The molecule has 0 radical (unpaired) electrons. The van der Waals surface area contributed by atoms with Crippen molar-refractivity contribution < 1.29 is 15.0 Å². The SMILES string of the molecule is [N-]=[N+]=N[C@H](C(=O)O)[C@H](N)CO. The maximum atomic E-state index is 10.2. The lowest BCUT2D eigenvalue weighted by atomic mass is 10.1. The molecular weight excluding hydrogens is 152 g/mol. The molecule has 7 heteroatoms. The highest BCUT2D eigenvalue weighted by molar-refractivity contribution is 5.74. The summed E-state index contributed by atoms with van der Waals surface area (Å²) in [6.07, 6.45) is 0. The van der Waals surface area contributed by atoms with Gasteiger partial charge in [0.25, 0.3) is 0 Å². The van der Waals surface area contributed by atoms with Gasteiger partial charge >= 0.3 is 5.97 Å². The van der Waals surface area contributed by atoms with E-state index in [-0.39, 0.29) is 0 Å². The molecule has 0 aromatic carbocycles. The minimum Gasteiger partial charge on any atom is -0.481 e. The van der Waals surface area contributed by atoms with E-state index in [0.717, 1.165) is 0 Å². The summed E-state index contributed by atoms with van der Waals surface area (Å²) in [4.78, 5) is 12.5.